The van der Waals surface area contributed by atoms with E-state index in [0.717, 1.165) is 38.6 Å². The summed E-state index contributed by atoms with van der Waals surface area (Å²) in [4.78, 5) is 34.8. The van der Waals surface area contributed by atoms with Gasteiger partial charge in [0, 0.05) is 43.4 Å². The Balaban J connectivity index is 1.19. The van der Waals surface area contributed by atoms with Crippen LogP contribution < -0.4 is 14.4 Å². The number of piperidine rings is 1. The van der Waals surface area contributed by atoms with Crippen LogP contribution in [0.15, 0.2) is 30.5 Å². The minimum Gasteiger partial charge on any atom is -0.468 e. The lowest BCUT2D eigenvalue weighted by molar-refractivity contribution is 0.0122. The average Bonchev–Trinajstić information content (AvgIpc) is 3.59. The zero-order valence-electron chi connectivity index (χ0n) is 39.2. The number of carbonyl (C=O) groups is 1. The number of hydrogen-bond donors (Lipinski definition) is 0. The Morgan fingerprint density at radius 1 is 1.00 bits per heavy atom. The Hall–Kier alpha value is -4.58. The van der Waals surface area contributed by atoms with E-state index in [4.69, 9.17) is 33.9 Å². The van der Waals surface area contributed by atoms with Crippen molar-refractivity contribution in [1.82, 2.24) is 24.8 Å². The van der Waals surface area contributed by atoms with Gasteiger partial charge in [0.05, 0.1) is 28.6 Å². The number of benzene rings is 2. The largest absolute Gasteiger partial charge is 0.468 e. The molecule has 342 valence electrons. The Bertz CT molecular complexity index is 2500. The number of halogens is 2. The van der Waals surface area contributed by atoms with Crippen molar-refractivity contribution < 1.29 is 32.5 Å². The molecule has 64 heavy (non-hydrogen) atoms. The molecule has 5 fully saturated rings. The summed E-state index contributed by atoms with van der Waals surface area (Å²) in [6.45, 7) is 21.3. The molecule has 0 N–H and O–H groups in total. The van der Waals surface area contributed by atoms with Crippen molar-refractivity contribution in [3.63, 3.8) is 0 Å². The van der Waals surface area contributed by atoms with E-state index in [-0.39, 0.29) is 53.3 Å². The molecule has 2 aromatic carbocycles. The summed E-state index contributed by atoms with van der Waals surface area (Å²) in [7, 11) is -0.773. The van der Waals surface area contributed by atoms with E-state index < -0.39 is 25.3 Å². The van der Waals surface area contributed by atoms with Crippen molar-refractivity contribution in [2.75, 3.05) is 45.0 Å². The summed E-state index contributed by atoms with van der Waals surface area (Å²) in [5, 5.41) is 1.50. The molecule has 3 unspecified atom stereocenters. The summed E-state index contributed by atoms with van der Waals surface area (Å²) in [6, 6.07) is 7.07. The number of carbonyl (C=O) groups excluding carboxylic acids is 1. The standard InChI is InChI=1S/C50H64F2N6O5Si/c1-29(2)64(30(3)4,31(5)6)19-16-37-40(51)15-12-32-20-36(62-28-60-10)22-38(42(32)37)44-43(52)45-39(24-53-44)46(56-25-34-13-14-35(26-56)58(34)48(59)63-49(7,8)9)55-47(54-45)61-27-50-17-11-18-57(50)41-21-33(41)23-50/h12,15,20,22,24,29-31,33-35,41H,11,13-14,17-18,21,23,25-28H2,1-10H3/t33?,34-,35+,41?,50?. The molecule has 1 saturated carbocycles. The van der Waals surface area contributed by atoms with Crippen molar-refractivity contribution in [2.24, 2.45) is 5.92 Å². The minimum atomic E-state index is -2.30. The van der Waals surface area contributed by atoms with Gasteiger partial charge in [-0.25, -0.2) is 13.6 Å². The maximum atomic E-state index is 17.9. The summed E-state index contributed by atoms with van der Waals surface area (Å²) in [5.74, 6) is 3.81. The highest BCUT2D eigenvalue weighted by atomic mass is 28.3. The lowest BCUT2D eigenvalue weighted by Gasteiger charge is -2.42. The van der Waals surface area contributed by atoms with Crippen molar-refractivity contribution in [1.29, 1.82) is 0 Å². The molecule has 9 rings (SSSR count). The highest BCUT2D eigenvalue weighted by molar-refractivity contribution is 6.90. The van der Waals surface area contributed by atoms with E-state index in [2.05, 4.69) is 62.8 Å². The smallest absolute Gasteiger partial charge is 0.410 e. The number of nitrogens with zero attached hydrogens (tertiary/aromatic N) is 6. The predicted octanol–water partition coefficient (Wildman–Crippen LogP) is 10.3. The summed E-state index contributed by atoms with van der Waals surface area (Å²) in [6.07, 6.45) is 7.42. The van der Waals surface area contributed by atoms with E-state index in [0.29, 0.717) is 81.6 Å². The summed E-state index contributed by atoms with van der Waals surface area (Å²) < 4.78 is 58.0. The number of amides is 1. The molecule has 14 heteroatoms. The van der Waals surface area contributed by atoms with Crippen LogP contribution in [0.5, 0.6) is 11.8 Å². The van der Waals surface area contributed by atoms with Gasteiger partial charge in [0.2, 0.25) is 0 Å². The number of piperazine rings is 1. The van der Waals surface area contributed by atoms with Crippen LogP contribution in [0, 0.1) is 29.0 Å². The quantitative estimate of drug-likeness (QED) is 0.0822. The molecule has 2 aromatic heterocycles. The molecule has 4 aliphatic heterocycles. The zero-order chi connectivity index (χ0) is 45.5. The van der Waals surface area contributed by atoms with E-state index >= 15 is 8.78 Å². The Morgan fingerprint density at radius 3 is 2.39 bits per heavy atom. The second-order valence-electron chi connectivity index (χ2n) is 21.0. The summed E-state index contributed by atoms with van der Waals surface area (Å²) >= 11 is 0. The second-order valence-corrected chi connectivity index (χ2v) is 26.5. The van der Waals surface area contributed by atoms with Crippen LogP contribution in [0.1, 0.15) is 106 Å². The van der Waals surface area contributed by atoms with Crippen LogP contribution in [0.3, 0.4) is 0 Å². The van der Waals surface area contributed by atoms with Gasteiger partial charge in [0.15, 0.2) is 12.6 Å². The number of rotatable bonds is 11. The average molecular weight is 895 g/mol. The third-order valence-electron chi connectivity index (χ3n) is 15.0. The molecule has 0 spiro atoms. The van der Waals surface area contributed by atoms with Crippen molar-refractivity contribution in [2.45, 2.75) is 147 Å². The van der Waals surface area contributed by atoms with Crippen LogP contribution in [0.25, 0.3) is 32.9 Å². The Kier molecular flexibility index (Phi) is 11.6. The fraction of sp³-hybridized carbons (Fsp3) is 0.600. The molecule has 5 atom stereocenters. The number of hydrogen-bond acceptors (Lipinski definition) is 10. The molecule has 0 radical (unpaired) electrons. The molecule has 4 aromatic rings. The van der Waals surface area contributed by atoms with Gasteiger partial charge in [-0.1, -0.05) is 53.5 Å². The van der Waals surface area contributed by atoms with Crippen LogP contribution in [-0.4, -0.2) is 108 Å². The molecule has 1 aliphatic carbocycles. The Morgan fingerprint density at radius 2 is 1.72 bits per heavy atom. The molecular weight excluding hydrogens is 831 g/mol. The third kappa shape index (κ3) is 7.76. The van der Waals surface area contributed by atoms with Gasteiger partial charge in [-0.2, -0.15) is 9.97 Å². The number of methoxy groups -OCH3 is 1. The normalized spacial score (nSPS) is 24.2. The monoisotopic (exact) mass is 894 g/mol. The maximum absolute atomic E-state index is 17.9. The van der Waals surface area contributed by atoms with Gasteiger partial charge >= 0.3 is 12.1 Å². The Labute approximate surface area is 377 Å². The fourth-order valence-electron chi connectivity index (χ4n) is 12.2. The molecular formula is C50H64F2N6O5Si. The zero-order valence-corrected chi connectivity index (χ0v) is 40.2. The van der Waals surface area contributed by atoms with E-state index in [1.807, 2.05) is 25.7 Å². The number of pyridine rings is 1. The van der Waals surface area contributed by atoms with E-state index in [1.54, 1.807) is 24.4 Å². The van der Waals surface area contributed by atoms with Gasteiger partial charge < -0.3 is 23.8 Å². The highest BCUT2D eigenvalue weighted by Gasteiger charge is 2.61. The van der Waals surface area contributed by atoms with Gasteiger partial charge in [0.1, 0.15) is 48.9 Å². The number of fused-ring (bicyclic) bond motifs is 7. The van der Waals surface area contributed by atoms with E-state index in [1.165, 1.54) is 19.6 Å². The highest BCUT2D eigenvalue weighted by Crippen LogP contribution is 2.57. The molecule has 6 heterocycles. The summed E-state index contributed by atoms with van der Waals surface area (Å²) in [5.41, 5.74) is 4.53. The van der Waals surface area contributed by atoms with Gasteiger partial charge in [-0.3, -0.25) is 14.8 Å². The first kappa shape index (κ1) is 44.6. The third-order valence-corrected chi connectivity index (χ3v) is 21.3. The lowest BCUT2D eigenvalue weighted by atomic mass is 9.93. The molecule has 11 nitrogen and oxygen atoms in total. The molecule has 5 aliphatic rings. The van der Waals surface area contributed by atoms with Crippen LogP contribution in [0.2, 0.25) is 16.6 Å². The lowest BCUT2D eigenvalue weighted by Crippen LogP contribution is -2.57. The first-order valence-electron chi connectivity index (χ1n) is 23.4. The number of aromatic nitrogens is 3. The van der Waals surface area contributed by atoms with E-state index in [9.17, 15) is 4.79 Å². The SMILES string of the molecule is COCOc1cc(-c2ncc3c(N4C[C@H]5CC[C@@H](C4)N5C(=O)OC(C)(C)C)nc(OCC45CCCN4C4CC4C5)nc3c2F)c2c(C#C[Si](C(C)C)(C(C)C)C(C)C)c(F)ccc2c1. The van der Waals surface area contributed by atoms with Gasteiger partial charge in [-0.05, 0) is 112 Å². The predicted molar refractivity (Wildman–Crippen MR) is 248 cm³/mol. The van der Waals surface area contributed by atoms with Crippen molar-refractivity contribution >= 4 is 41.7 Å². The second kappa shape index (κ2) is 16.7. The fourth-order valence-corrected chi connectivity index (χ4v) is 17.4. The first-order chi connectivity index (χ1) is 30.4. The maximum Gasteiger partial charge on any atom is 0.410 e. The van der Waals surface area contributed by atoms with Gasteiger partial charge in [-0.15, -0.1) is 5.54 Å². The molecule has 1 amide bonds. The van der Waals surface area contributed by atoms with Crippen LogP contribution in [-0.2, 0) is 9.47 Å². The van der Waals surface area contributed by atoms with Crippen molar-refractivity contribution in [3.05, 3.63) is 47.7 Å². The van der Waals surface area contributed by atoms with Crippen LogP contribution in [0.4, 0.5) is 19.4 Å². The minimum absolute atomic E-state index is 0.0176. The number of ether oxygens (including phenoxy) is 4. The first-order valence-corrected chi connectivity index (χ1v) is 25.6. The molecule has 2 bridgehead atoms. The topological polar surface area (TPSA) is 102 Å². The molecule has 4 saturated heterocycles. The van der Waals surface area contributed by atoms with Gasteiger partial charge in [0.25, 0.3) is 0 Å². The van der Waals surface area contributed by atoms with Crippen molar-refractivity contribution in [3.8, 4) is 34.5 Å². The van der Waals surface area contributed by atoms with Crippen LogP contribution >= 0.6 is 0 Å². The number of anilines is 1.